The number of imidazole rings is 1. The van der Waals surface area contributed by atoms with E-state index in [0.29, 0.717) is 47.7 Å². The van der Waals surface area contributed by atoms with E-state index in [1.54, 1.807) is 19.4 Å². The number of carbonyl (C=O) groups is 3. The maximum absolute atomic E-state index is 14.4. The quantitative estimate of drug-likeness (QED) is 0.0441. The van der Waals surface area contributed by atoms with E-state index >= 15 is 0 Å². The van der Waals surface area contributed by atoms with Gasteiger partial charge >= 0.3 is 12.1 Å². The van der Waals surface area contributed by atoms with E-state index in [2.05, 4.69) is 20.3 Å². The molecule has 336 valence electrons. The normalized spacial score (nSPS) is 18.1. The molecule has 5 heterocycles. The number of pyridine rings is 1. The van der Waals surface area contributed by atoms with Gasteiger partial charge in [0.05, 0.1) is 36.1 Å². The van der Waals surface area contributed by atoms with Crippen molar-refractivity contribution in [3.63, 3.8) is 0 Å². The van der Waals surface area contributed by atoms with Gasteiger partial charge in [0.15, 0.2) is 5.82 Å². The van der Waals surface area contributed by atoms with Gasteiger partial charge in [-0.1, -0.05) is 54.0 Å². The smallest absolute Gasteiger partial charge is 0.407 e. The Labute approximate surface area is 373 Å². The van der Waals surface area contributed by atoms with E-state index < -0.39 is 27.8 Å². The minimum atomic E-state index is -1.43. The van der Waals surface area contributed by atoms with Crippen LogP contribution in [0.1, 0.15) is 121 Å². The van der Waals surface area contributed by atoms with Crippen LogP contribution < -0.4 is 10.1 Å². The van der Waals surface area contributed by atoms with Crippen molar-refractivity contribution in [3.05, 3.63) is 77.5 Å². The van der Waals surface area contributed by atoms with E-state index in [4.69, 9.17) is 24.2 Å². The lowest BCUT2D eigenvalue weighted by Gasteiger charge is -2.25. The highest BCUT2D eigenvalue weighted by Crippen LogP contribution is 2.40. The standard InChI is InChI=1S/C48H61N7O7S/c1-47(2,3)62-41(56)19-15-10-9-11-16-24-54-39(26-32-20-21-34(50-43(32)54)29-49-63(59)48(4,5)6)44-51-37-25-33(27-40(60-8)42(37)53(44)7)45(57)55-35-22-23-38(55)36(28-35)52-46(58)61-30-31-17-13-12-14-18-31/h12-14,17-18,20-21,25-27,29,35-36,38H,9-11,15-16,19,22-24,28,30H2,1-8H3,(H,52,58)/t35-,36+,38+,63?/m0/s1. The zero-order valence-electron chi connectivity index (χ0n) is 37.8. The molecular weight excluding hydrogens is 819 g/mol. The number of hydrogen-bond donors (Lipinski definition) is 1. The van der Waals surface area contributed by atoms with Gasteiger partial charge in [-0.05, 0) is 110 Å². The number of unbranched alkanes of at least 4 members (excludes halogenated alkanes) is 4. The topological polar surface area (TPSA) is 165 Å². The summed E-state index contributed by atoms with van der Waals surface area (Å²) in [6.45, 7) is 12.1. The van der Waals surface area contributed by atoms with Crippen LogP contribution in [0.15, 0.2) is 65.1 Å². The molecule has 2 amide bonds. The zero-order valence-corrected chi connectivity index (χ0v) is 38.6. The Bertz CT molecular complexity index is 2470. The van der Waals surface area contributed by atoms with Crippen LogP contribution in [0, 0.1) is 0 Å². The van der Waals surface area contributed by atoms with Crippen molar-refractivity contribution in [1.82, 2.24) is 29.3 Å². The number of hydrogen-bond acceptors (Lipinski definition) is 10. The number of nitrogens with one attached hydrogen (secondary N) is 1. The Kier molecular flexibility index (Phi) is 13.9. The third kappa shape index (κ3) is 10.7. The summed E-state index contributed by atoms with van der Waals surface area (Å²) in [7, 11) is 3.54. The molecule has 14 nitrogen and oxygen atoms in total. The van der Waals surface area contributed by atoms with Crippen molar-refractivity contribution >= 4 is 57.6 Å². The highest BCUT2D eigenvalue weighted by atomic mass is 32.2. The molecule has 5 aromatic rings. The second-order valence-corrected chi connectivity index (χ2v) is 20.6. The molecule has 1 unspecified atom stereocenters. The van der Waals surface area contributed by atoms with Gasteiger partial charge in [-0.2, -0.15) is 0 Å². The first-order valence-corrected chi connectivity index (χ1v) is 23.1. The Hall–Kier alpha value is -5.41. The van der Waals surface area contributed by atoms with Gasteiger partial charge in [0.2, 0.25) is 0 Å². The van der Waals surface area contributed by atoms with Crippen molar-refractivity contribution in [3.8, 4) is 17.3 Å². The van der Waals surface area contributed by atoms with Crippen LogP contribution in [0.5, 0.6) is 5.75 Å². The number of alkyl carbamates (subject to hydrolysis) is 1. The van der Waals surface area contributed by atoms with E-state index in [0.717, 1.165) is 72.8 Å². The first-order chi connectivity index (χ1) is 30.0. The van der Waals surface area contributed by atoms with Crippen molar-refractivity contribution in [1.29, 1.82) is 0 Å². The van der Waals surface area contributed by atoms with Gasteiger partial charge in [-0.15, -0.1) is 0 Å². The lowest BCUT2D eigenvalue weighted by Crippen LogP contribution is -2.45. The molecule has 2 fully saturated rings. The summed E-state index contributed by atoms with van der Waals surface area (Å²) in [6.07, 6.45) is 8.29. The fourth-order valence-corrected chi connectivity index (χ4v) is 9.21. The van der Waals surface area contributed by atoms with Crippen LogP contribution >= 0.6 is 0 Å². The third-order valence-electron chi connectivity index (χ3n) is 11.7. The second kappa shape index (κ2) is 19.1. The first-order valence-electron chi connectivity index (χ1n) is 22.0. The van der Waals surface area contributed by atoms with Gasteiger partial charge in [0, 0.05) is 37.0 Å². The van der Waals surface area contributed by atoms with Crippen molar-refractivity contribution in [2.45, 2.75) is 141 Å². The SMILES string of the molecule is COc1cc(C(=O)N2[C@H]3CC[C@@H]2[C@H](NC(=O)OCc2ccccc2)C3)cc2nc(-c3cc4ccc(C=N[S+]([O-])C(C)(C)C)nc4n3CCCCCCCC(=O)OC(C)(C)C)n(C)c12. The second-order valence-electron chi connectivity index (χ2n) is 18.6. The highest BCUT2D eigenvalue weighted by molar-refractivity contribution is 7.91. The largest absolute Gasteiger partial charge is 0.591 e. The molecule has 63 heavy (non-hydrogen) atoms. The van der Waals surface area contributed by atoms with Gasteiger partial charge in [-0.25, -0.2) is 14.8 Å². The van der Waals surface area contributed by atoms with E-state index in [1.807, 2.05) is 107 Å². The summed E-state index contributed by atoms with van der Waals surface area (Å²) in [5, 5.41) is 3.95. The number of amides is 2. The predicted octanol–water partition coefficient (Wildman–Crippen LogP) is 8.83. The average molecular weight is 880 g/mol. The molecule has 7 rings (SSSR count). The molecule has 0 saturated carbocycles. The predicted molar refractivity (Wildman–Crippen MR) is 246 cm³/mol. The summed E-state index contributed by atoms with van der Waals surface area (Å²) in [4.78, 5) is 51.5. The van der Waals surface area contributed by atoms with E-state index in [-0.39, 0.29) is 36.6 Å². The van der Waals surface area contributed by atoms with Crippen molar-refractivity contribution < 1.29 is 33.1 Å². The lowest BCUT2D eigenvalue weighted by molar-refractivity contribution is -0.154. The van der Waals surface area contributed by atoms with Crippen molar-refractivity contribution in [2.24, 2.45) is 11.4 Å². The monoisotopic (exact) mass is 879 g/mol. The molecule has 3 aromatic heterocycles. The molecule has 0 aliphatic carbocycles. The van der Waals surface area contributed by atoms with Gasteiger partial charge in [-0.3, -0.25) is 9.59 Å². The summed E-state index contributed by atoms with van der Waals surface area (Å²) in [6, 6.07) is 18.8. The van der Waals surface area contributed by atoms with Crippen LogP contribution in [0.25, 0.3) is 33.6 Å². The number of ether oxygens (including phenoxy) is 3. The number of aromatic nitrogens is 4. The van der Waals surface area contributed by atoms with Crippen LogP contribution in [0.4, 0.5) is 4.79 Å². The fourth-order valence-electron chi connectivity index (χ4n) is 8.69. The lowest BCUT2D eigenvalue weighted by atomic mass is 9.96. The van der Waals surface area contributed by atoms with Gasteiger partial charge < -0.3 is 38.1 Å². The van der Waals surface area contributed by atoms with Gasteiger partial charge in [0.25, 0.3) is 5.91 Å². The van der Waals surface area contributed by atoms with E-state index in [9.17, 15) is 18.9 Å². The molecule has 0 radical (unpaired) electrons. The number of carbonyl (C=O) groups excluding carboxylic acids is 3. The summed E-state index contributed by atoms with van der Waals surface area (Å²) < 4.78 is 37.7. The number of rotatable bonds is 16. The zero-order chi connectivity index (χ0) is 45.1. The molecule has 2 bridgehead atoms. The van der Waals surface area contributed by atoms with Crippen LogP contribution in [-0.2, 0) is 45.8 Å². The number of aryl methyl sites for hydroxylation is 2. The third-order valence-corrected chi connectivity index (χ3v) is 13.0. The number of benzene rings is 2. The highest BCUT2D eigenvalue weighted by Gasteiger charge is 2.49. The minimum Gasteiger partial charge on any atom is -0.591 e. The molecule has 15 heteroatoms. The molecule has 4 atom stereocenters. The Morgan fingerprint density at radius 1 is 0.952 bits per heavy atom. The fraction of sp³-hybridized carbons (Fsp3) is 0.500. The van der Waals surface area contributed by atoms with E-state index in [1.165, 1.54) is 0 Å². The molecule has 2 saturated heterocycles. The first kappa shape index (κ1) is 45.6. The number of fused-ring (bicyclic) bond motifs is 4. The summed E-state index contributed by atoms with van der Waals surface area (Å²) >= 11 is -1.43. The summed E-state index contributed by atoms with van der Waals surface area (Å²) in [5.41, 5.74) is 4.47. The number of methoxy groups -OCH3 is 1. The number of esters is 1. The summed E-state index contributed by atoms with van der Waals surface area (Å²) in [5.74, 6) is 0.927. The molecular formula is C48H61N7O7S. The van der Waals surface area contributed by atoms with Crippen LogP contribution in [0.2, 0.25) is 0 Å². The maximum Gasteiger partial charge on any atom is 0.407 e. The van der Waals surface area contributed by atoms with Crippen LogP contribution in [0.3, 0.4) is 0 Å². The number of nitrogens with zero attached hydrogens (tertiary/aromatic N) is 6. The molecule has 2 aliphatic heterocycles. The van der Waals surface area contributed by atoms with Gasteiger partial charge in [0.1, 0.15) is 51.4 Å². The average Bonchev–Trinajstić information content (AvgIpc) is 4.00. The Balaban J connectivity index is 1.12. The molecule has 1 N–H and O–H groups in total. The van der Waals surface area contributed by atoms with Crippen LogP contribution in [-0.4, -0.2) is 88.3 Å². The Morgan fingerprint density at radius 3 is 2.43 bits per heavy atom. The Morgan fingerprint density at radius 2 is 1.70 bits per heavy atom. The van der Waals surface area contributed by atoms with Crippen molar-refractivity contribution in [2.75, 3.05) is 7.11 Å². The molecule has 2 aromatic carbocycles. The maximum atomic E-state index is 14.4. The molecule has 2 aliphatic rings. The minimum absolute atomic E-state index is 0.000477. The molecule has 0 spiro atoms.